The van der Waals surface area contributed by atoms with E-state index in [9.17, 15) is 0 Å². The highest BCUT2D eigenvalue weighted by atomic mass is 16.3. The molecule has 2 nitrogen and oxygen atoms in total. The van der Waals surface area contributed by atoms with Gasteiger partial charge in [-0.05, 0) is 87.5 Å². The van der Waals surface area contributed by atoms with Crippen LogP contribution in [0.15, 0.2) is 205 Å². The Labute approximate surface area is 292 Å². The number of nitrogens with zero attached hydrogens (tertiary/aromatic N) is 1. The zero-order valence-corrected chi connectivity index (χ0v) is 27.4. The third kappa shape index (κ3) is 5.43. The summed E-state index contributed by atoms with van der Waals surface area (Å²) in [5, 5.41) is 2.27. The van der Waals surface area contributed by atoms with Crippen molar-refractivity contribution >= 4 is 39.0 Å². The Morgan fingerprint density at radius 3 is 1.50 bits per heavy atom. The molecule has 9 aromatic rings. The molecule has 0 unspecified atom stereocenters. The van der Waals surface area contributed by atoms with Gasteiger partial charge in [-0.2, -0.15) is 0 Å². The van der Waals surface area contributed by atoms with Crippen molar-refractivity contribution in [2.75, 3.05) is 4.90 Å². The van der Waals surface area contributed by atoms with Crippen LogP contribution in [-0.2, 0) is 0 Å². The van der Waals surface area contributed by atoms with Crippen LogP contribution in [0.1, 0.15) is 0 Å². The highest BCUT2D eigenvalue weighted by molar-refractivity contribution is 6.10. The van der Waals surface area contributed by atoms with E-state index in [0.717, 1.165) is 61.3 Å². The lowest BCUT2D eigenvalue weighted by atomic mass is 9.93. The number of benzene rings is 8. The van der Waals surface area contributed by atoms with Crippen LogP contribution in [0.4, 0.5) is 17.1 Å². The van der Waals surface area contributed by atoms with E-state index in [2.05, 4.69) is 193 Å². The summed E-state index contributed by atoms with van der Waals surface area (Å²) < 4.78 is 6.45. The summed E-state index contributed by atoms with van der Waals surface area (Å²) in [6, 6.07) is 71.0. The van der Waals surface area contributed by atoms with Gasteiger partial charge >= 0.3 is 0 Å². The minimum atomic E-state index is 0.907. The maximum atomic E-state index is 6.45. The average molecular weight is 640 g/mol. The molecule has 9 rings (SSSR count). The molecule has 2 heteroatoms. The molecule has 0 N–H and O–H groups in total. The molecule has 0 spiro atoms. The third-order valence-corrected chi connectivity index (χ3v) is 9.46. The van der Waals surface area contributed by atoms with Crippen LogP contribution in [0.5, 0.6) is 0 Å². The van der Waals surface area contributed by atoms with Crippen molar-refractivity contribution in [2.45, 2.75) is 0 Å². The largest absolute Gasteiger partial charge is 0.455 e. The first-order valence-electron chi connectivity index (χ1n) is 17.0. The van der Waals surface area contributed by atoms with Crippen molar-refractivity contribution in [3.05, 3.63) is 200 Å². The zero-order valence-electron chi connectivity index (χ0n) is 27.4. The molecule has 0 radical (unpaired) electrons. The van der Waals surface area contributed by atoms with Crippen molar-refractivity contribution in [3.63, 3.8) is 0 Å². The lowest BCUT2D eigenvalue weighted by Crippen LogP contribution is -2.10. The van der Waals surface area contributed by atoms with Gasteiger partial charge in [0.2, 0.25) is 0 Å². The second kappa shape index (κ2) is 12.8. The lowest BCUT2D eigenvalue weighted by Gasteiger charge is -2.27. The van der Waals surface area contributed by atoms with Gasteiger partial charge in [0.25, 0.3) is 0 Å². The van der Waals surface area contributed by atoms with Crippen LogP contribution in [0.2, 0.25) is 0 Å². The fourth-order valence-electron chi connectivity index (χ4n) is 7.08. The topological polar surface area (TPSA) is 16.4 Å². The summed E-state index contributed by atoms with van der Waals surface area (Å²) >= 11 is 0. The smallest absolute Gasteiger partial charge is 0.143 e. The molecule has 0 fully saturated rings. The molecular weight excluding hydrogens is 607 g/mol. The van der Waals surface area contributed by atoms with Gasteiger partial charge in [0.1, 0.15) is 11.2 Å². The van der Waals surface area contributed by atoms with E-state index in [1.54, 1.807) is 0 Å². The SMILES string of the molecule is c1ccc(-c2cc(-c3ccccc3)cc(N(c3ccccc3)c3ccc(-c4ccccc4-c4cccc5c4oc4ccccc45)cc3)c2)cc1. The fourth-order valence-corrected chi connectivity index (χ4v) is 7.08. The first kappa shape index (κ1) is 29.5. The molecule has 0 aliphatic rings. The summed E-state index contributed by atoms with van der Waals surface area (Å²) in [5.74, 6) is 0. The van der Waals surface area contributed by atoms with E-state index in [1.807, 2.05) is 12.1 Å². The number of rotatable bonds is 7. The summed E-state index contributed by atoms with van der Waals surface area (Å²) in [4.78, 5) is 2.35. The second-order valence-electron chi connectivity index (χ2n) is 12.5. The van der Waals surface area contributed by atoms with E-state index >= 15 is 0 Å². The number of para-hydroxylation sites is 3. The molecule has 8 aromatic carbocycles. The molecule has 1 heterocycles. The summed E-state index contributed by atoms with van der Waals surface area (Å²) in [6.45, 7) is 0. The molecule has 1 aromatic heterocycles. The van der Waals surface area contributed by atoms with E-state index < -0.39 is 0 Å². The molecule has 0 aliphatic carbocycles. The maximum absolute atomic E-state index is 6.45. The van der Waals surface area contributed by atoms with Gasteiger partial charge in [-0.25, -0.2) is 0 Å². The Kier molecular flexibility index (Phi) is 7.53. The number of furan rings is 1. The minimum absolute atomic E-state index is 0.907. The zero-order chi connectivity index (χ0) is 33.3. The Bertz CT molecular complexity index is 2510. The quantitative estimate of drug-likeness (QED) is 0.173. The van der Waals surface area contributed by atoms with E-state index in [0.29, 0.717) is 0 Å². The molecule has 0 aliphatic heterocycles. The lowest BCUT2D eigenvalue weighted by molar-refractivity contribution is 0.670. The summed E-state index contributed by atoms with van der Waals surface area (Å²) in [7, 11) is 0. The van der Waals surface area contributed by atoms with Gasteiger partial charge in [-0.15, -0.1) is 0 Å². The molecule has 0 bridgehead atoms. The molecule has 0 atom stereocenters. The Hall–Kier alpha value is -6.64. The van der Waals surface area contributed by atoms with Crippen LogP contribution in [0.25, 0.3) is 66.4 Å². The van der Waals surface area contributed by atoms with E-state index in [4.69, 9.17) is 4.42 Å². The number of hydrogen-bond acceptors (Lipinski definition) is 2. The van der Waals surface area contributed by atoms with Crippen molar-refractivity contribution in [3.8, 4) is 44.5 Å². The molecule has 0 saturated heterocycles. The molecule has 0 amide bonds. The number of fused-ring (bicyclic) bond motifs is 3. The minimum Gasteiger partial charge on any atom is -0.455 e. The number of anilines is 3. The average Bonchev–Trinajstić information content (AvgIpc) is 3.58. The van der Waals surface area contributed by atoms with Gasteiger partial charge in [0.15, 0.2) is 0 Å². The monoisotopic (exact) mass is 639 g/mol. The van der Waals surface area contributed by atoms with Gasteiger partial charge in [0, 0.05) is 33.4 Å². The van der Waals surface area contributed by atoms with E-state index in [1.165, 1.54) is 22.3 Å². The van der Waals surface area contributed by atoms with Gasteiger partial charge in [-0.1, -0.05) is 152 Å². The Morgan fingerprint density at radius 1 is 0.300 bits per heavy atom. The van der Waals surface area contributed by atoms with Crippen LogP contribution in [0, 0.1) is 0 Å². The number of hydrogen-bond donors (Lipinski definition) is 0. The van der Waals surface area contributed by atoms with Crippen molar-refractivity contribution < 1.29 is 4.42 Å². The van der Waals surface area contributed by atoms with Crippen LogP contribution < -0.4 is 4.90 Å². The first-order chi connectivity index (χ1) is 24.8. The summed E-state index contributed by atoms with van der Waals surface area (Å²) in [6.07, 6.45) is 0. The fraction of sp³-hybridized carbons (Fsp3) is 0. The highest BCUT2D eigenvalue weighted by Gasteiger charge is 2.18. The molecular formula is C48H33NO. The molecule has 50 heavy (non-hydrogen) atoms. The van der Waals surface area contributed by atoms with E-state index in [-0.39, 0.29) is 0 Å². The standard InChI is InChI=1S/C48H33NO/c1-4-15-34(16-5-1)37-31-38(35-17-6-2-7-18-35)33-41(32-37)49(39-19-8-3-9-20-39)40-29-27-36(28-30-40)42-21-10-11-22-43(42)45-24-14-25-46-44-23-12-13-26-47(44)50-48(45)46/h1-33H. The predicted octanol–water partition coefficient (Wildman–Crippen LogP) is 13.7. The predicted molar refractivity (Wildman–Crippen MR) is 210 cm³/mol. The van der Waals surface area contributed by atoms with Crippen LogP contribution in [-0.4, -0.2) is 0 Å². The van der Waals surface area contributed by atoms with Crippen molar-refractivity contribution in [1.82, 2.24) is 0 Å². The van der Waals surface area contributed by atoms with Gasteiger partial charge < -0.3 is 9.32 Å². The van der Waals surface area contributed by atoms with Gasteiger partial charge in [0.05, 0.1) is 0 Å². The normalized spacial score (nSPS) is 11.2. The molecule has 236 valence electrons. The highest BCUT2D eigenvalue weighted by Crippen LogP contribution is 2.42. The van der Waals surface area contributed by atoms with Gasteiger partial charge in [-0.3, -0.25) is 0 Å². The first-order valence-corrected chi connectivity index (χ1v) is 17.0. The van der Waals surface area contributed by atoms with Crippen molar-refractivity contribution in [2.24, 2.45) is 0 Å². The second-order valence-corrected chi connectivity index (χ2v) is 12.5. The van der Waals surface area contributed by atoms with Crippen LogP contribution >= 0.6 is 0 Å². The third-order valence-electron chi connectivity index (χ3n) is 9.46. The molecule has 0 saturated carbocycles. The van der Waals surface area contributed by atoms with Crippen molar-refractivity contribution in [1.29, 1.82) is 0 Å². The maximum Gasteiger partial charge on any atom is 0.143 e. The Balaban J connectivity index is 1.17. The summed E-state index contributed by atoms with van der Waals surface area (Å²) in [5.41, 5.74) is 14.4. The Morgan fingerprint density at radius 2 is 0.820 bits per heavy atom. The van der Waals surface area contributed by atoms with Crippen LogP contribution in [0.3, 0.4) is 0 Å².